The first-order valence-corrected chi connectivity index (χ1v) is 9.91. The number of amides is 1. The maximum atomic E-state index is 12.0. The van der Waals surface area contributed by atoms with E-state index in [-0.39, 0.29) is 5.91 Å². The first-order chi connectivity index (χ1) is 14.1. The van der Waals surface area contributed by atoms with E-state index in [1.165, 1.54) is 6.26 Å². The molecular weight excluding hydrogens is 368 g/mol. The highest BCUT2D eigenvalue weighted by atomic mass is 16.3. The number of para-hydroxylation sites is 1. The highest BCUT2D eigenvalue weighted by Gasteiger charge is 2.12. The second kappa shape index (κ2) is 9.82. The molecule has 0 saturated heterocycles. The van der Waals surface area contributed by atoms with Crippen LogP contribution in [0, 0.1) is 13.8 Å². The van der Waals surface area contributed by atoms with Gasteiger partial charge in [0.1, 0.15) is 17.9 Å². The van der Waals surface area contributed by atoms with Gasteiger partial charge in [-0.05, 0) is 39.3 Å². The Morgan fingerprint density at radius 2 is 1.86 bits per heavy atom. The largest absolute Gasteiger partial charge is 0.459 e. The van der Waals surface area contributed by atoms with E-state index in [9.17, 15) is 4.79 Å². The first kappa shape index (κ1) is 20.5. The minimum absolute atomic E-state index is 0.187. The van der Waals surface area contributed by atoms with Crippen molar-refractivity contribution in [3.8, 4) is 0 Å². The fourth-order valence-electron chi connectivity index (χ4n) is 3.05. The van der Waals surface area contributed by atoms with Crippen LogP contribution in [0.15, 0.2) is 50.4 Å². The van der Waals surface area contributed by atoms with Crippen molar-refractivity contribution in [2.45, 2.75) is 33.7 Å². The highest BCUT2D eigenvalue weighted by Crippen LogP contribution is 2.25. The van der Waals surface area contributed by atoms with Crippen LogP contribution in [0.4, 0.5) is 0 Å². The lowest BCUT2D eigenvalue weighted by Gasteiger charge is -2.11. The molecule has 0 bridgehead atoms. The number of benzene rings is 1. The number of nitrogens with zero attached hydrogens (tertiary/aromatic N) is 1. The average Bonchev–Trinajstić information content (AvgIpc) is 3.29. The van der Waals surface area contributed by atoms with Crippen LogP contribution < -0.4 is 16.0 Å². The summed E-state index contributed by atoms with van der Waals surface area (Å²) in [5.74, 6) is 1.77. The Morgan fingerprint density at radius 3 is 2.59 bits per heavy atom. The summed E-state index contributed by atoms with van der Waals surface area (Å²) >= 11 is 0. The van der Waals surface area contributed by atoms with Gasteiger partial charge in [0.05, 0.1) is 6.26 Å². The molecule has 3 N–H and O–H groups in total. The number of nitrogens with one attached hydrogen (secondary N) is 3. The van der Waals surface area contributed by atoms with Gasteiger partial charge in [-0.3, -0.25) is 4.79 Å². The van der Waals surface area contributed by atoms with E-state index in [1.807, 2.05) is 32.0 Å². The molecular formula is C22H28N4O3. The zero-order chi connectivity index (χ0) is 20.6. The molecule has 2 aromatic heterocycles. The third-order valence-electron chi connectivity index (χ3n) is 4.67. The van der Waals surface area contributed by atoms with Crippen molar-refractivity contribution in [2.75, 3.05) is 19.6 Å². The van der Waals surface area contributed by atoms with Crippen LogP contribution in [0.3, 0.4) is 0 Å². The number of hydrogen-bond acceptors (Lipinski definition) is 4. The van der Waals surface area contributed by atoms with Gasteiger partial charge in [0, 0.05) is 36.1 Å². The van der Waals surface area contributed by atoms with Gasteiger partial charge in [0.25, 0.3) is 5.91 Å². The van der Waals surface area contributed by atoms with Crippen LogP contribution in [-0.4, -0.2) is 31.5 Å². The van der Waals surface area contributed by atoms with Crippen LogP contribution in [0.5, 0.6) is 0 Å². The Hall–Kier alpha value is -3.22. The summed E-state index contributed by atoms with van der Waals surface area (Å²) in [5, 5.41) is 10.5. The zero-order valence-electron chi connectivity index (χ0n) is 17.2. The number of aryl methyl sites for hydroxylation is 2. The van der Waals surface area contributed by atoms with Gasteiger partial charge in [-0.1, -0.05) is 18.2 Å². The summed E-state index contributed by atoms with van der Waals surface area (Å²) in [7, 11) is 0. The molecule has 0 aliphatic carbocycles. The van der Waals surface area contributed by atoms with Crippen molar-refractivity contribution in [2.24, 2.45) is 4.99 Å². The maximum Gasteiger partial charge on any atom is 0.287 e. The molecule has 0 aliphatic rings. The van der Waals surface area contributed by atoms with Crippen LogP contribution >= 0.6 is 0 Å². The van der Waals surface area contributed by atoms with Crippen molar-refractivity contribution in [1.29, 1.82) is 0 Å². The minimum Gasteiger partial charge on any atom is -0.459 e. The molecule has 7 heteroatoms. The molecule has 0 aliphatic heterocycles. The number of carbonyl (C=O) groups excluding carboxylic acids is 1. The Labute approximate surface area is 170 Å². The van der Waals surface area contributed by atoms with Crippen molar-refractivity contribution >= 4 is 22.8 Å². The number of carbonyl (C=O) groups is 1. The summed E-state index contributed by atoms with van der Waals surface area (Å²) in [6.07, 6.45) is 2.29. The lowest BCUT2D eigenvalue weighted by Crippen LogP contribution is -2.38. The predicted molar refractivity (Wildman–Crippen MR) is 114 cm³/mol. The van der Waals surface area contributed by atoms with Crippen molar-refractivity contribution in [3.63, 3.8) is 0 Å². The standard InChI is InChI=1S/C22H28N4O3/c1-4-23-22(25-12-7-11-24-21(27)20-15(2)10-13-28-20)26-14-19-16(3)17-8-5-6-9-18(17)29-19/h5-6,8-10,13H,4,7,11-12,14H2,1-3H3,(H,24,27)(H2,23,25,26). The van der Waals surface area contributed by atoms with Crippen LogP contribution in [0.2, 0.25) is 0 Å². The fourth-order valence-corrected chi connectivity index (χ4v) is 3.05. The van der Waals surface area contributed by atoms with E-state index >= 15 is 0 Å². The smallest absolute Gasteiger partial charge is 0.287 e. The first-order valence-electron chi connectivity index (χ1n) is 9.91. The molecule has 0 radical (unpaired) electrons. The van der Waals surface area contributed by atoms with E-state index in [1.54, 1.807) is 6.07 Å². The van der Waals surface area contributed by atoms with Crippen molar-refractivity contribution in [3.05, 3.63) is 59.2 Å². The quantitative estimate of drug-likeness (QED) is 0.308. The van der Waals surface area contributed by atoms with Gasteiger partial charge in [-0.25, -0.2) is 4.99 Å². The normalized spacial score (nSPS) is 11.6. The van der Waals surface area contributed by atoms with E-state index < -0.39 is 0 Å². The molecule has 2 heterocycles. The summed E-state index contributed by atoms with van der Waals surface area (Å²) in [4.78, 5) is 16.6. The van der Waals surface area contributed by atoms with Gasteiger partial charge in [-0.15, -0.1) is 0 Å². The number of furan rings is 2. The Kier molecular flexibility index (Phi) is 6.94. The van der Waals surface area contributed by atoms with Crippen LogP contribution in [0.25, 0.3) is 11.0 Å². The van der Waals surface area contributed by atoms with E-state index in [0.29, 0.717) is 25.4 Å². The number of hydrogen-bond donors (Lipinski definition) is 3. The third-order valence-corrected chi connectivity index (χ3v) is 4.67. The van der Waals surface area contributed by atoms with Gasteiger partial charge in [0.15, 0.2) is 11.7 Å². The summed E-state index contributed by atoms with van der Waals surface area (Å²) in [5.41, 5.74) is 2.84. The topological polar surface area (TPSA) is 91.8 Å². The lowest BCUT2D eigenvalue weighted by atomic mass is 10.1. The molecule has 154 valence electrons. The van der Waals surface area contributed by atoms with Crippen LogP contribution in [0.1, 0.15) is 40.8 Å². The molecule has 0 atom stereocenters. The monoisotopic (exact) mass is 396 g/mol. The fraction of sp³-hybridized carbons (Fsp3) is 0.364. The Bertz CT molecular complexity index is 987. The second-order valence-electron chi connectivity index (χ2n) is 6.81. The average molecular weight is 396 g/mol. The number of rotatable bonds is 8. The Balaban J connectivity index is 1.48. The number of aliphatic imine (C=N–C) groups is 1. The molecule has 0 fully saturated rings. The lowest BCUT2D eigenvalue weighted by molar-refractivity contribution is 0.0925. The summed E-state index contributed by atoms with van der Waals surface area (Å²) in [6, 6.07) is 9.78. The summed E-state index contributed by atoms with van der Waals surface area (Å²) in [6.45, 7) is 8.39. The Morgan fingerprint density at radius 1 is 1.07 bits per heavy atom. The van der Waals surface area contributed by atoms with Gasteiger partial charge < -0.3 is 24.8 Å². The molecule has 3 rings (SSSR count). The van der Waals surface area contributed by atoms with Gasteiger partial charge >= 0.3 is 0 Å². The SMILES string of the molecule is CCNC(=NCc1oc2ccccc2c1C)NCCCNC(=O)c1occc1C. The molecule has 29 heavy (non-hydrogen) atoms. The molecule has 0 saturated carbocycles. The van der Waals surface area contributed by atoms with Gasteiger partial charge in [0.2, 0.25) is 0 Å². The van der Waals surface area contributed by atoms with E-state index in [0.717, 1.165) is 46.8 Å². The van der Waals surface area contributed by atoms with Gasteiger partial charge in [-0.2, -0.15) is 0 Å². The second-order valence-corrected chi connectivity index (χ2v) is 6.81. The van der Waals surface area contributed by atoms with E-state index in [4.69, 9.17) is 8.83 Å². The molecule has 0 spiro atoms. The highest BCUT2D eigenvalue weighted by molar-refractivity contribution is 5.92. The number of guanidine groups is 1. The predicted octanol–water partition coefficient (Wildman–Crippen LogP) is 3.52. The van der Waals surface area contributed by atoms with Crippen molar-refractivity contribution in [1.82, 2.24) is 16.0 Å². The molecule has 1 aromatic carbocycles. The van der Waals surface area contributed by atoms with E-state index in [2.05, 4.69) is 33.9 Å². The van der Waals surface area contributed by atoms with Crippen molar-refractivity contribution < 1.29 is 13.6 Å². The maximum absolute atomic E-state index is 12.0. The number of fused-ring (bicyclic) bond motifs is 1. The molecule has 1 amide bonds. The minimum atomic E-state index is -0.187. The molecule has 7 nitrogen and oxygen atoms in total. The third kappa shape index (κ3) is 5.19. The van der Waals surface area contributed by atoms with Crippen LogP contribution in [-0.2, 0) is 6.54 Å². The molecule has 0 unspecified atom stereocenters. The summed E-state index contributed by atoms with van der Waals surface area (Å²) < 4.78 is 11.1. The zero-order valence-corrected chi connectivity index (χ0v) is 17.2. The molecule has 3 aromatic rings.